The second-order valence-corrected chi connectivity index (χ2v) is 4.60. The molecule has 0 N–H and O–H groups in total. The number of rotatable bonds is 3. The molecular weight excluding hydrogens is 236 g/mol. The van der Waals surface area contributed by atoms with E-state index in [9.17, 15) is 4.79 Å². The molecule has 0 atom stereocenters. The van der Waals surface area contributed by atoms with Crippen LogP contribution >= 0.6 is 0 Å². The van der Waals surface area contributed by atoms with Crippen molar-refractivity contribution in [3.8, 4) is 0 Å². The molecule has 0 aliphatic carbocycles. The molecule has 3 rings (SSSR count). The maximum absolute atomic E-state index is 10.5. The third-order valence-corrected chi connectivity index (χ3v) is 3.61. The number of hydrogen-bond donors (Lipinski definition) is 0. The van der Waals surface area contributed by atoms with Gasteiger partial charge in [0.15, 0.2) is 0 Å². The predicted molar refractivity (Wildman–Crippen MR) is 77.0 cm³/mol. The molecule has 0 spiro atoms. The highest BCUT2D eigenvalue weighted by molar-refractivity contribution is 6.05. The summed E-state index contributed by atoms with van der Waals surface area (Å²) in [6, 6.07) is 16.5. The highest BCUT2D eigenvalue weighted by atomic mass is 16.5. The largest absolute Gasteiger partial charge is 0.463 e. The van der Waals surface area contributed by atoms with Crippen molar-refractivity contribution in [2.75, 3.05) is 0 Å². The van der Waals surface area contributed by atoms with Crippen LogP contribution in [0.15, 0.2) is 48.5 Å². The van der Waals surface area contributed by atoms with Crippen molar-refractivity contribution in [1.82, 2.24) is 0 Å². The van der Waals surface area contributed by atoms with Gasteiger partial charge in [-0.15, -0.1) is 0 Å². The van der Waals surface area contributed by atoms with Crippen LogP contribution < -0.4 is 0 Å². The molecule has 0 amide bonds. The first-order chi connectivity index (χ1) is 9.33. The van der Waals surface area contributed by atoms with E-state index in [1.807, 2.05) is 24.3 Å². The molecule has 0 saturated carbocycles. The number of fused-ring (bicyclic) bond motifs is 2. The lowest BCUT2D eigenvalue weighted by molar-refractivity contribution is -0.129. The minimum absolute atomic E-state index is 0.310. The predicted octanol–water partition coefficient (Wildman–Crippen LogP) is 3.97. The van der Waals surface area contributed by atoms with Gasteiger partial charge in [0.05, 0.1) is 0 Å². The van der Waals surface area contributed by atoms with Crippen LogP contribution in [0.25, 0.3) is 21.5 Å². The van der Waals surface area contributed by atoms with E-state index in [0.717, 1.165) is 16.3 Å². The number of carbonyl (C=O) groups is 1. The summed E-state index contributed by atoms with van der Waals surface area (Å²) < 4.78 is 5.00. The molecule has 3 aromatic rings. The summed E-state index contributed by atoms with van der Waals surface area (Å²) >= 11 is 0. The maximum atomic E-state index is 10.5. The monoisotopic (exact) mass is 250 g/mol. The molecule has 0 bridgehead atoms. The van der Waals surface area contributed by atoms with Gasteiger partial charge in [-0.05, 0) is 34.0 Å². The van der Waals surface area contributed by atoms with Gasteiger partial charge in [-0.25, -0.2) is 0 Å². The molecule has 94 valence electrons. The fraction of sp³-hybridized carbons (Fsp3) is 0.118. The van der Waals surface area contributed by atoms with Gasteiger partial charge < -0.3 is 4.74 Å². The lowest BCUT2D eigenvalue weighted by Gasteiger charge is -2.13. The van der Waals surface area contributed by atoms with Gasteiger partial charge in [0.1, 0.15) is 6.61 Å². The van der Waals surface area contributed by atoms with Gasteiger partial charge in [0.2, 0.25) is 0 Å². The molecule has 19 heavy (non-hydrogen) atoms. The second kappa shape index (κ2) is 4.73. The van der Waals surface area contributed by atoms with Crippen LogP contribution in [0.4, 0.5) is 0 Å². The zero-order valence-corrected chi connectivity index (χ0v) is 10.7. The van der Waals surface area contributed by atoms with E-state index in [4.69, 9.17) is 4.74 Å². The van der Waals surface area contributed by atoms with E-state index in [0.29, 0.717) is 13.1 Å². The number of benzene rings is 3. The fourth-order valence-corrected chi connectivity index (χ4v) is 2.71. The molecule has 0 saturated heterocycles. The summed E-state index contributed by atoms with van der Waals surface area (Å²) in [5, 5.41) is 4.73. The van der Waals surface area contributed by atoms with E-state index < -0.39 is 0 Å². The Labute approximate surface area is 111 Å². The quantitative estimate of drug-likeness (QED) is 0.519. The Hall–Kier alpha value is -2.35. The molecule has 2 nitrogen and oxygen atoms in total. The third kappa shape index (κ3) is 1.85. The van der Waals surface area contributed by atoms with Crippen LogP contribution in [0.3, 0.4) is 0 Å². The van der Waals surface area contributed by atoms with E-state index in [-0.39, 0.29) is 0 Å². The van der Waals surface area contributed by atoms with Crippen molar-refractivity contribution in [2.45, 2.75) is 13.5 Å². The van der Waals surface area contributed by atoms with Crippen LogP contribution in [-0.4, -0.2) is 6.47 Å². The van der Waals surface area contributed by atoms with Crippen molar-refractivity contribution in [2.24, 2.45) is 0 Å². The summed E-state index contributed by atoms with van der Waals surface area (Å²) in [6.07, 6.45) is 0. The van der Waals surface area contributed by atoms with Crippen LogP contribution in [0.2, 0.25) is 0 Å². The lowest BCUT2D eigenvalue weighted by atomic mass is 9.93. The summed E-state index contributed by atoms with van der Waals surface area (Å²) in [6.45, 7) is 2.95. The van der Waals surface area contributed by atoms with E-state index in [1.54, 1.807) is 0 Å². The standard InChI is InChI=1S/C17H14O2/c1-12-13-6-2-4-8-15(13)17(10-19-11-18)16-9-5-3-7-14(12)16/h2-9,11H,10H2,1H3. The zero-order chi connectivity index (χ0) is 13.2. The topological polar surface area (TPSA) is 26.3 Å². The SMILES string of the molecule is Cc1c2ccccc2c(COC=O)c2ccccc12. The van der Waals surface area contributed by atoms with Crippen LogP contribution in [0.1, 0.15) is 11.1 Å². The van der Waals surface area contributed by atoms with Crippen molar-refractivity contribution < 1.29 is 9.53 Å². The second-order valence-electron chi connectivity index (χ2n) is 4.60. The molecule has 2 heteroatoms. The number of hydrogen-bond acceptors (Lipinski definition) is 2. The minimum Gasteiger partial charge on any atom is -0.463 e. The molecule has 0 aliphatic heterocycles. The Morgan fingerprint density at radius 3 is 1.84 bits per heavy atom. The lowest BCUT2D eigenvalue weighted by Crippen LogP contribution is -1.95. The fourth-order valence-electron chi connectivity index (χ4n) is 2.71. The third-order valence-electron chi connectivity index (χ3n) is 3.61. The van der Waals surface area contributed by atoms with Crippen LogP contribution in [0.5, 0.6) is 0 Å². The van der Waals surface area contributed by atoms with Crippen molar-refractivity contribution in [3.63, 3.8) is 0 Å². The molecule has 0 aliphatic rings. The van der Waals surface area contributed by atoms with Crippen molar-refractivity contribution in [1.29, 1.82) is 0 Å². The van der Waals surface area contributed by atoms with Crippen LogP contribution in [-0.2, 0) is 16.1 Å². The molecule has 0 fully saturated rings. The molecule has 3 aromatic carbocycles. The molecule has 0 unspecified atom stereocenters. The average molecular weight is 250 g/mol. The van der Waals surface area contributed by atoms with Gasteiger partial charge in [0, 0.05) is 5.56 Å². The number of carbonyl (C=O) groups excluding carboxylic acids is 1. The highest BCUT2D eigenvalue weighted by Gasteiger charge is 2.10. The first kappa shape index (κ1) is 11.7. The van der Waals surface area contributed by atoms with E-state index in [2.05, 4.69) is 31.2 Å². The maximum Gasteiger partial charge on any atom is 0.293 e. The van der Waals surface area contributed by atoms with Gasteiger partial charge in [-0.2, -0.15) is 0 Å². The number of ether oxygens (including phenoxy) is 1. The zero-order valence-electron chi connectivity index (χ0n) is 10.7. The van der Waals surface area contributed by atoms with Gasteiger partial charge in [-0.3, -0.25) is 4.79 Å². The highest BCUT2D eigenvalue weighted by Crippen LogP contribution is 2.32. The summed E-state index contributed by atoms with van der Waals surface area (Å²) in [4.78, 5) is 10.5. The molecule has 0 aromatic heterocycles. The van der Waals surface area contributed by atoms with Gasteiger partial charge >= 0.3 is 0 Å². The Morgan fingerprint density at radius 2 is 1.37 bits per heavy atom. The van der Waals surface area contributed by atoms with Gasteiger partial charge in [0.25, 0.3) is 6.47 Å². The summed E-state index contributed by atoms with van der Waals surface area (Å²) in [5.74, 6) is 0. The summed E-state index contributed by atoms with van der Waals surface area (Å²) in [7, 11) is 0. The summed E-state index contributed by atoms with van der Waals surface area (Å²) in [5.41, 5.74) is 2.34. The Morgan fingerprint density at radius 1 is 0.895 bits per heavy atom. The average Bonchev–Trinajstić information content (AvgIpc) is 2.47. The van der Waals surface area contributed by atoms with Crippen molar-refractivity contribution in [3.05, 3.63) is 59.7 Å². The van der Waals surface area contributed by atoms with E-state index in [1.165, 1.54) is 16.3 Å². The first-order valence-corrected chi connectivity index (χ1v) is 6.27. The normalized spacial score (nSPS) is 10.8. The number of aryl methyl sites for hydroxylation is 1. The Kier molecular flexibility index (Phi) is 2.92. The van der Waals surface area contributed by atoms with Gasteiger partial charge in [-0.1, -0.05) is 48.5 Å². The Bertz CT molecular complexity index is 703. The Balaban J connectivity index is 2.45. The molecule has 0 heterocycles. The smallest absolute Gasteiger partial charge is 0.293 e. The molecule has 0 radical (unpaired) electrons. The van der Waals surface area contributed by atoms with E-state index >= 15 is 0 Å². The first-order valence-electron chi connectivity index (χ1n) is 6.27. The van der Waals surface area contributed by atoms with Crippen LogP contribution in [0, 0.1) is 6.92 Å². The minimum atomic E-state index is 0.310. The van der Waals surface area contributed by atoms with Crippen molar-refractivity contribution >= 4 is 28.0 Å². The molecular formula is C17H14O2.